The lowest BCUT2D eigenvalue weighted by molar-refractivity contribution is -0.139. The minimum absolute atomic E-state index is 0.0431. The van der Waals surface area contributed by atoms with Gasteiger partial charge in [-0.2, -0.15) is 29.7 Å². The minimum atomic E-state index is -4.62. The lowest BCUT2D eigenvalue weighted by Gasteiger charge is -2.19. The van der Waals surface area contributed by atoms with Gasteiger partial charge in [-0.1, -0.05) is 12.1 Å². The van der Waals surface area contributed by atoms with Gasteiger partial charge in [-0.15, -0.1) is 0 Å². The average Bonchev–Trinajstić information content (AvgIpc) is 2.48. The second-order valence-electron chi connectivity index (χ2n) is 4.72. The number of hydrogen-bond acceptors (Lipinski definition) is 4. The van der Waals surface area contributed by atoms with E-state index in [-0.39, 0.29) is 6.42 Å². The van der Waals surface area contributed by atoms with Crippen LogP contribution in [0.2, 0.25) is 0 Å². The van der Waals surface area contributed by atoms with Gasteiger partial charge in [0.1, 0.15) is 23.3 Å². The zero-order valence-electron chi connectivity index (χ0n) is 12.6. The van der Waals surface area contributed by atoms with Crippen LogP contribution in [0.15, 0.2) is 29.2 Å². The van der Waals surface area contributed by atoms with Crippen LogP contribution in [0.1, 0.15) is 6.42 Å². The van der Waals surface area contributed by atoms with Gasteiger partial charge in [0.05, 0.1) is 0 Å². The Kier molecular flexibility index (Phi) is 7.49. The van der Waals surface area contributed by atoms with Crippen LogP contribution in [-0.2, 0) is 14.8 Å². The molecule has 5 nitrogen and oxygen atoms in total. The molecule has 1 atom stereocenters. The third-order valence-electron chi connectivity index (χ3n) is 2.81. The first-order valence-electron chi connectivity index (χ1n) is 6.67. The van der Waals surface area contributed by atoms with E-state index in [1.165, 1.54) is 23.9 Å². The van der Waals surface area contributed by atoms with Gasteiger partial charge in [-0.3, -0.25) is 4.79 Å². The molecule has 1 amide bonds. The first-order chi connectivity index (χ1) is 11.1. The number of hydrogen-bond donors (Lipinski definition) is 2. The summed E-state index contributed by atoms with van der Waals surface area (Å²) >= 11 is 1.28. The van der Waals surface area contributed by atoms with E-state index in [1.54, 1.807) is 11.6 Å². The number of carbonyl (C=O) groups excluding carboxylic acids is 1. The molecule has 1 aromatic rings. The van der Waals surface area contributed by atoms with E-state index >= 15 is 0 Å². The summed E-state index contributed by atoms with van der Waals surface area (Å²) in [7, 11) is -4.40. The quantitative estimate of drug-likeness (QED) is 0.667. The summed E-state index contributed by atoms with van der Waals surface area (Å²) < 4.78 is 76.5. The Morgan fingerprint density at radius 3 is 2.46 bits per heavy atom. The summed E-state index contributed by atoms with van der Waals surface area (Å²) in [4.78, 5) is 11.2. The van der Waals surface area contributed by atoms with Gasteiger partial charge in [0.25, 0.3) is 0 Å². The largest absolute Gasteiger partial charge is 0.405 e. The number of carbonyl (C=O) groups is 1. The van der Waals surface area contributed by atoms with Crippen molar-refractivity contribution in [1.29, 1.82) is 0 Å². The highest BCUT2D eigenvalue weighted by molar-refractivity contribution is 7.98. The van der Waals surface area contributed by atoms with Crippen molar-refractivity contribution in [2.24, 2.45) is 0 Å². The summed E-state index contributed by atoms with van der Waals surface area (Å²) in [5.41, 5.74) is 0. The molecule has 11 heteroatoms. The van der Waals surface area contributed by atoms with Gasteiger partial charge in [0, 0.05) is 0 Å². The minimum Gasteiger partial charge on any atom is -0.346 e. The highest BCUT2D eigenvalue weighted by Crippen LogP contribution is 2.16. The van der Waals surface area contributed by atoms with E-state index in [0.717, 1.165) is 12.1 Å². The van der Waals surface area contributed by atoms with Crippen LogP contribution >= 0.6 is 11.8 Å². The molecule has 0 spiro atoms. The normalized spacial score (nSPS) is 13.5. The number of sulfonamides is 1. The maximum atomic E-state index is 13.6. The van der Waals surface area contributed by atoms with Gasteiger partial charge >= 0.3 is 6.18 Å². The summed E-state index contributed by atoms with van der Waals surface area (Å²) in [6.45, 7) is -1.58. The molecule has 136 valence electrons. The Morgan fingerprint density at radius 1 is 1.29 bits per heavy atom. The Morgan fingerprint density at radius 2 is 1.92 bits per heavy atom. The first-order valence-corrected chi connectivity index (χ1v) is 9.55. The zero-order valence-corrected chi connectivity index (χ0v) is 14.2. The molecular weight excluding hydrogens is 372 g/mol. The molecule has 0 aliphatic rings. The number of amides is 1. The molecule has 0 aliphatic carbocycles. The van der Waals surface area contributed by atoms with Crippen LogP contribution in [0.25, 0.3) is 0 Å². The third-order valence-corrected chi connectivity index (χ3v) is 4.96. The number of rotatable bonds is 8. The Balaban J connectivity index is 2.92. The lowest BCUT2D eigenvalue weighted by atomic mass is 10.2. The van der Waals surface area contributed by atoms with Crippen LogP contribution in [0.5, 0.6) is 0 Å². The molecule has 0 heterocycles. The predicted octanol–water partition coefficient (Wildman–Crippen LogP) is 1.90. The Bertz CT molecular complexity index is 665. The van der Waals surface area contributed by atoms with Crippen LogP contribution in [0.3, 0.4) is 0 Å². The number of alkyl halides is 3. The van der Waals surface area contributed by atoms with Crippen LogP contribution in [-0.4, -0.2) is 45.1 Å². The van der Waals surface area contributed by atoms with E-state index in [4.69, 9.17) is 0 Å². The molecule has 0 saturated carbocycles. The molecule has 0 saturated heterocycles. The molecule has 2 N–H and O–H groups in total. The van der Waals surface area contributed by atoms with Gasteiger partial charge in [-0.25, -0.2) is 12.8 Å². The van der Waals surface area contributed by atoms with E-state index in [0.29, 0.717) is 5.75 Å². The number of nitrogens with one attached hydrogen (secondary N) is 2. The van der Waals surface area contributed by atoms with Gasteiger partial charge in [0.2, 0.25) is 15.9 Å². The second kappa shape index (κ2) is 8.67. The summed E-state index contributed by atoms with van der Waals surface area (Å²) in [5.74, 6) is -1.82. The molecule has 24 heavy (non-hydrogen) atoms. The highest BCUT2D eigenvalue weighted by atomic mass is 32.2. The molecule has 1 unspecified atom stereocenters. The average molecular weight is 388 g/mol. The predicted molar refractivity (Wildman–Crippen MR) is 82.6 cm³/mol. The molecule has 0 radical (unpaired) electrons. The molecule has 0 aromatic heterocycles. The SMILES string of the molecule is CSCCC(NS(=O)(=O)c1ccccc1F)C(=O)NCC(F)(F)F. The second-order valence-corrected chi connectivity index (χ2v) is 7.39. The fourth-order valence-electron chi connectivity index (χ4n) is 1.70. The van der Waals surface area contributed by atoms with Crippen molar-refractivity contribution < 1.29 is 30.8 Å². The fourth-order valence-corrected chi connectivity index (χ4v) is 3.48. The molecular formula is C13H16F4N2O3S2. The molecule has 1 rings (SSSR count). The van der Waals surface area contributed by atoms with E-state index in [9.17, 15) is 30.8 Å². The maximum absolute atomic E-state index is 13.6. The van der Waals surface area contributed by atoms with Crippen molar-refractivity contribution >= 4 is 27.7 Å². The van der Waals surface area contributed by atoms with Gasteiger partial charge in [0.15, 0.2) is 0 Å². The van der Waals surface area contributed by atoms with E-state index in [1.807, 2.05) is 4.72 Å². The van der Waals surface area contributed by atoms with E-state index in [2.05, 4.69) is 0 Å². The summed E-state index contributed by atoms with van der Waals surface area (Å²) in [5, 5.41) is 1.63. The molecule has 0 fully saturated rings. The van der Waals surface area contributed by atoms with Crippen molar-refractivity contribution in [2.75, 3.05) is 18.6 Å². The smallest absolute Gasteiger partial charge is 0.346 e. The highest BCUT2D eigenvalue weighted by Gasteiger charge is 2.31. The van der Waals surface area contributed by atoms with Crippen LogP contribution < -0.4 is 10.0 Å². The van der Waals surface area contributed by atoms with Crippen molar-refractivity contribution in [3.05, 3.63) is 30.1 Å². The molecule has 0 bridgehead atoms. The number of halogens is 4. The Labute approximate surface area is 141 Å². The third kappa shape index (κ3) is 6.65. The van der Waals surface area contributed by atoms with Crippen LogP contribution in [0.4, 0.5) is 17.6 Å². The summed E-state index contributed by atoms with van der Waals surface area (Å²) in [6, 6.07) is 3.06. The maximum Gasteiger partial charge on any atom is 0.405 e. The van der Waals surface area contributed by atoms with Gasteiger partial charge < -0.3 is 5.32 Å². The van der Waals surface area contributed by atoms with Crippen molar-refractivity contribution in [3.8, 4) is 0 Å². The van der Waals surface area contributed by atoms with Crippen molar-refractivity contribution in [3.63, 3.8) is 0 Å². The standard InChI is InChI=1S/C13H16F4N2O3S2/c1-23-7-6-10(12(20)18-8-13(15,16)17)19-24(21,22)11-5-3-2-4-9(11)14/h2-5,10,19H,6-8H2,1H3,(H,18,20). The fraction of sp³-hybridized carbons (Fsp3) is 0.462. The van der Waals surface area contributed by atoms with Gasteiger partial charge in [-0.05, 0) is 30.6 Å². The number of benzene rings is 1. The lowest BCUT2D eigenvalue weighted by Crippen LogP contribution is -2.49. The number of thioether (sulfide) groups is 1. The first kappa shape index (κ1) is 20.7. The van der Waals surface area contributed by atoms with Crippen molar-refractivity contribution in [1.82, 2.24) is 10.0 Å². The zero-order chi connectivity index (χ0) is 18.4. The van der Waals surface area contributed by atoms with E-state index < -0.39 is 45.4 Å². The Hall–Kier alpha value is -1.33. The topological polar surface area (TPSA) is 75.3 Å². The summed E-state index contributed by atoms with van der Waals surface area (Å²) in [6.07, 6.45) is -2.97. The molecule has 1 aromatic carbocycles. The monoisotopic (exact) mass is 388 g/mol. The van der Waals surface area contributed by atoms with Crippen molar-refractivity contribution in [2.45, 2.75) is 23.5 Å². The molecule has 0 aliphatic heterocycles. The van der Waals surface area contributed by atoms with Crippen LogP contribution in [0, 0.1) is 5.82 Å².